The van der Waals surface area contributed by atoms with Crippen LogP contribution in [0.4, 0.5) is 0 Å². The van der Waals surface area contributed by atoms with Gasteiger partial charge in [-0.2, -0.15) is 5.10 Å². The summed E-state index contributed by atoms with van der Waals surface area (Å²) in [7, 11) is 1.91. The molecule has 2 heterocycles. The third kappa shape index (κ3) is 2.66. The Morgan fingerprint density at radius 3 is 2.88 bits per heavy atom. The number of aryl methyl sites for hydroxylation is 1. The first-order valence-corrected chi connectivity index (χ1v) is 6.06. The van der Waals surface area contributed by atoms with Crippen molar-refractivity contribution in [1.29, 1.82) is 0 Å². The molecule has 0 spiro atoms. The normalized spacial score (nSPS) is 17.6. The second-order valence-corrected chi connectivity index (χ2v) is 4.83. The molecular formula is C12H20N4O. The maximum Gasteiger partial charge on any atom is 0.220 e. The van der Waals surface area contributed by atoms with Crippen molar-refractivity contribution in [2.75, 3.05) is 13.1 Å². The molecule has 0 saturated carbocycles. The van der Waals surface area contributed by atoms with E-state index in [0.717, 1.165) is 24.3 Å². The van der Waals surface area contributed by atoms with E-state index in [1.807, 2.05) is 31.8 Å². The van der Waals surface area contributed by atoms with E-state index in [1.54, 1.807) is 0 Å². The van der Waals surface area contributed by atoms with E-state index >= 15 is 0 Å². The number of carbonyl (C=O) groups excluding carboxylic acids is 1. The van der Waals surface area contributed by atoms with E-state index < -0.39 is 0 Å². The zero-order chi connectivity index (χ0) is 12.4. The van der Waals surface area contributed by atoms with Gasteiger partial charge in [-0.05, 0) is 32.9 Å². The molecule has 1 aromatic heterocycles. The molecule has 0 aliphatic carbocycles. The van der Waals surface area contributed by atoms with Crippen LogP contribution in [0.1, 0.15) is 30.6 Å². The highest BCUT2D eigenvalue weighted by molar-refractivity contribution is 5.76. The average Bonchev–Trinajstić information content (AvgIpc) is 2.54. The van der Waals surface area contributed by atoms with Crippen LogP contribution in [-0.4, -0.2) is 28.8 Å². The van der Waals surface area contributed by atoms with Gasteiger partial charge >= 0.3 is 0 Å². The van der Waals surface area contributed by atoms with Gasteiger partial charge in [-0.15, -0.1) is 0 Å². The molecule has 5 nitrogen and oxygen atoms in total. The molecule has 1 aliphatic heterocycles. The number of hydrogen-bond donors (Lipinski definition) is 2. The zero-order valence-corrected chi connectivity index (χ0v) is 10.7. The number of nitrogens with one attached hydrogen (secondary N) is 2. The van der Waals surface area contributed by atoms with Crippen LogP contribution in [0.25, 0.3) is 0 Å². The van der Waals surface area contributed by atoms with E-state index in [2.05, 4.69) is 15.7 Å². The standard InChI is InChI=1S/C12H20N4O/c1-8(11-7-14-16(3)9(11)2)15-12(17)4-10-5-13-6-10/h7-8,10,13H,4-6H2,1-3H3,(H,15,17). The molecule has 17 heavy (non-hydrogen) atoms. The lowest BCUT2D eigenvalue weighted by atomic mass is 9.98. The maximum atomic E-state index is 11.8. The van der Waals surface area contributed by atoms with E-state index in [1.165, 1.54) is 0 Å². The van der Waals surface area contributed by atoms with Gasteiger partial charge in [0.1, 0.15) is 0 Å². The molecule has 1 unspecified atom stereocenters. The lowest BCUT2D eigenvalue weighted by Crippen LogP contribution is -2.44. The van der Waals surface area contributed by atoms with Crippen LogP contribution in [0.2, 0.25) is 0 Å². The summed E-state index contributed by atoms with van der Waals surface area (Å²) < 4.78 is 1.83. The van der Waals surface area contributed by atoms with Gasteiger partial charge in [-0.25, -0.2) is 0 Å². The minimum Gasteiger partial charge on any atom is -0.349 e. The van der Waals surface area contributed by atoms with Crippen molar-refractivity contribution in [3.05, 3.63) is 17.5 Å². The predicted molar refractivity (Wildman–Crippen MR) is 65.5 cm³/mol. The number of rotatable bonds is 4. The Morgan fingerprint density at radius 2 is 2.41 bits per heavy atom. The molecule has 0 bridgehead atoms. The SMILES string of the molecule is Cc1c(C(C)NC(=O)CC2CNC2)cnn1C. The monoisotopic (exact) mass is 236 g/mol. The predicted octanol–water partition coefficient (Wildman–Crippen LogP) is 0.515. The van der Waals surface area contributed by atoms with Crippen molar-refractivity contribution in [2.24, 2.45) is 13.0 Å². The minimum atomic E-state index is 0.0317. The van der Waals surface area contributed by atoms with Gasteiger partial charge in [-0.3, -0.25) is 9.48 Å². The zero-order valence-electron chi connectivity index (χ0n) is 10.7. The number of amides is 1. The maximum absolute atomic E-state index is 11.8. The fraction of sp³-hybridized carbons (Fsp3) is 0.667. The molecule has 2 N–H and O–H groups in total. The fourth-order valence-corrected chi connectivity index (χ4v) is 2.07. The first-order chi connectivity index (χ1) is 8.08. The van der Waals surface area contributed by atoms with Crippen LogP contribution in [0.5, 0.6) is 0 Å². The molecule has 1 aromatic rings. The van der Waals surface area contributed by atoms with E-state index in [9.17, 15) is 4.79 Å². The summed E-state index contributed by atoms with van der Waals surface area (Å²) in [5.41, 5.74) is 2.19. The lowest BCUT2D eigenvalue weighted by molar-refractivity contribution is -0.123. The third-order valence-corrected chi connectivity index (χ3v) is 3.46. The molecule has 0 radical (unpaired) electrons. The Kier molecular flexibility index (Phi) is 3.47. The number of aromatic nitrogens is 2. The molecule has 0 aromatic carbocycles. The van der Waals surface area contributed by atoms with Gasteiger partial charge in [0.25, 0.3) is 0 Å². The van der Waals surface area contributed by atoms with E-state index in [-0.39, 0.29) is 11.9 Å². The first-order valence-electron chi connectivity index (χ1n) is 6.06. The minimum absolute atomic E-state index is 0.0317. The Hall–Kier alpha value is -1.36. The van der Waals surface area contributed by atoms with Crippen molar-refractivity contribution in [2.45, 2.75) is 26.3 Å². The summed E-state index contributed by atoms with van der Waals surface area (Å²) in [6.07, 6.45) is 2.45. The molecule has 1 amide bonds. The summed E-state index contributed by atoms with van der Waals surface area (Å²) in [4.78, 5) is 11.8. The highest BCUT2D eigenvalue weighted by Crippen LogP contribution is 2.17. The lowest BCUT2D eigenvalue weighted by Gasteiger charge is -2.27. The second-order valence-electron chi connectivity index (χ2n) is 4.83. The number of carbonyl (C=O) groups is 1. The molecule has 94 valence electrons. The first kappa shape index (κ1) is 12.1. The Labute approximate surface area is 102 Å². The van der Waals surface area contributed by atoms with Gasteiger partial charge in [0, 0.05) is 24.7 Å². The van der Waals surface area contributed by atoms with Crippen molar-refractivity contribution in [3.63, 3.8) is 0 Å². The third-order valence-electron chi connectivity index (χ3n) is 3.46. The quantitative estimate of drug-likeness (QED) is 0.801. The summed E-state index contributed by atoms with van der Waals surface area (Å²) in [5, 5.41) is 10.4. The summed E-state index contributed by atoms with van der Waals surface area (Å²) in [6, 6.07) is 0.0317. The number of hydrogen-bond acceptors (Lipinski definition) is 3. The highest BCUT2D eigenvalue weighted by atomic mass is 16.1. The van der Waals surface area contributed by atoms with Gasteiger partial charge in [0.15, 0.2) is 0 Å². The Balaban J connectivity index is 1.89. The molecule has 1 atom stereocenters. The molecule has 1 saturated heterocycles. The van der Waals surface area contributed by atoms with E-state index in [0.29, 0.717) is 12.3 Å². The molecule has 1 aliphatic rings. The summed E-state index contributed by atoms with van der Waals surface area (Å²) in [5.74, 6) is 0.643. The molecule has 2 rings (SSSR count). The van der Waals surface area contributed by atoms with Gasteiger partial charge in [0.2, 0.25) is 5.91 Å². The van der Waals surface area contributed by atoms with Crippen LogP contribution in [0.3, 0.4) is 0 Å². The van der Waals surface area contributed by atoms with Crippen LogP contribution < -0.4 is 10.6 Å². The van der Waals surface area contributed by atoms with Gasteiger partial charge < -0.3 is 10.6 Å². The van der Waals surface area contributed by atoms with Crippen molar-refractivity contribution >= 4 is 5.91 Å². The topological polar surface area (TPSA) is 59.0 Å². The summed E-state index contributed by atoms with van der Waals surface area (Å²) in [6.45, 7) is 5.95. The fourth-order valence-electron chi connectivity index (χ4n) is 2.07. The smallest absolute Gasteiger partial charge is 0.220 e. The Morgan fingerprint density at radius 1 is 1.71 bits per heavy atom. The average molecular weight is 236 g/mol. The van der Waals surface area contributed by atoms with Crippen LogP contribution in [0.15, 0.2) is 6.20 Å². The highest BCUT2D eigenvalue weighted by Gasteiger charge is 2.21. The number of nitrogens with zero attached hydrogens (tertiary/aromatic N) is 2. The Bertz CT molecular complexity index is 409. The van der Waals surface area contributed by atoms with Crippen molar-refractivity contribution < 1.29 is 4.79 Å². The van der Waals surface area contributed by atoms with Gasteiger partial charge in [-0.1, -0.05) is 0 Å². The van der Waals surface area contributed by atoms with Crippen molar-refractivity contribution in [3.8, 4) is 0 Å². The van der Waals surface area contributed by atoms with Gasteiger partial charge in [0.05, 0.1) is 12.2 Å². The summed E-state index contributed by atoms with van der Waals surface area (Å²) >= 11 is 0. The van der Waals surface area contributed by atoms with Crippen LogP contribution in [-0.2, 0) is 11.8 Å². The van der Waals surface area contributed by atoms with E-state index in [4.69, 9.17) is 0 Å². The largest absolute Gasteiger partial charge is 0.349 e. The molecule has 5 heteroatoms. The van der Waals surface area contributed by atoms with Crippen LogP contribution in [0, 0.1) is 12.8 Å². The second kappa shape index (κ2) is 4.87. The molecular weight excluding hydrogens is 216 g/mol. The van der Waals surface area contributed by atoms with Crippen molar-refractivity contribution in [1.82, 2.24) is 20.4 Å². The van der Waals surface area contributed by atoms with Crippen LogP contribution >= 0.6 is 0 Å². The molecule has 1 fully saturated rings.